The molecule has 1 fully saturated rings. The van der Waals surface area contributed by atoms with Crippen LogP contribution in [0, 0.1) is 6.92 Å². The Bertz CT molecular complexity index is 554. The second kappa shape index (κ2) is 8.64. The van der Waals surface area contributed by atoms with E-state index in [0.717, 1.165) is 18.5 Å². The minimum absolute atomic E-state index is 0.00270. The molecule has 2 amide bonds. The van der Waals surface area contributed by atoms with E-state index in [1.165, 1.54) is 0 Å². The normalized spacial score (nSPS) is 14.6. The van der Waals surface area contributed by atoms with Crippen LogP contribution >= 0.6 is 0 Å². The van der Waals surface area contributed by atoms with E-state index in [1.807, 2.05) is 32.2 Å². The lowest BCUT2D eigenvalue weighted by Crippen LogP contribution is -2.41. The zero-order valence-corrected chi connectivity index (χ0v) is 13.9. The molecule has 0 atom stereocenters. The number of hydrogen-bond acceptors (Lipinski definition) is 4. The van der Waals surface area contributed by atoms with E-state index in [2.05, 4.69) is 10.6 Å². The van der Waals surface area contributed by atoms with Gasteiger partial charge in [-0.1, -0.05) is 6.07 Å². The van der Waals surface area contributed by atoms with E-state index < -0.39 is 0 Å². The minimum Gasteiger partial charge on any atom is -0.378 e. The van der Waals surface area contributed by atoms with Gasteiger partial charge < -0.3 is 20.3 Å². The molecule has 126 valence electrons. The van der Waals surface area contributed by atoms with Crippen molar-refractivity contribution in [3.63, 3.8) is 0 Å². The van der Waals surface area contributed by atoms with Gasteiger partial charge in [0, 0.05) is 30.8 Å². The summed E-state index contributed by atoms with van der Waals surface area (Å²) in [5.41, 5.74) is 2.16. The zero-order valence-electron chi connectivity index (χ0n) is 13.9. The van der Waals surface area contributed by atoms with Crippen LogP contribution in [0.1, 0.15) is 28.8 Å². The molecule has 23 heavy (non-hydrogen) atoms. The van der Waals surface area contributed by atoms with Crippen molar-refractivity contribution in [1.29, 1.82) is 0 Å². The summed E-state index contributed by atoms with van der Waals surface area (Å²) in [6.45, 7) is 5.05. The highest BCUT2D eigenvalue weighted by molar-refractivity contribution is 5.99. The van der Waals surface area contributed by atoms with Crippen LogP contribution in [-0.2, 0) is 9.53 Å². The predicted octanol–water partition coefficient (Wildman–Crippen LogP) is 1.41. The summed E-state index contributed by atoms with van der Waals surface area (Å²) in [5, 5.41) is 5.92. The molecule has 6 nitrogen and oxygen atoms in total. The fourth-order valence-electron chi connectivity index (χ4n) is 2.58. The summed E-state index contributed by atoms with van der Waals surface area (Å²) in [6, 6.07) is 5.45. The van der Waals surface area contributed by atoms with Crippen molar-refractivity contribution in [2.75, 3.05) is 45.2 Å². The second-order valence-corrected chi connectivity index (χ2v) is 5.64. The first kappa shape index (κ1) is 17.4. The summed E-state index contributed by atoms with van der Waals surface area (Å²) < 4.78 is 5.28. The number of nitrogens with one attached hydrogen (secondary N) is 2. The molecule has 0 saturated carbocycles. The van der Waals surface area contributed by atoms with E-state index in [9.17, 15) is 9.59 Å². The summed E-state index contributed by atoms with van der Waals surface area (Å²) in [7, 11) is 1.86. The van der Waals surface area contributed by atoms with Gasteiger partial charge in [0.05, 0.1) is 13.2 Å². The molecule has 1 heterocycles. The van der Waals surface area contributed by atoms with Gasteiger partial charge in [-0.05, 0) is 44.6 Å². The quantitative estimate of drug-likeness (QED) is 0.778. The summed E-state index contributed by atoms with van der Waals surface area (Å²) in [4.78, 5) is 26.4. The smallest absolute Gasteiger partial charge is 0.254 e. The SMILES string of the molecule is CNCCCC(=O)Nc1cccc(C(=O)N2CCOCC2)c1C. The Hall–Kier alpha value is -1.92. The Kier molecular flexibility index (Phi) is 6.55. The molecular weight excluding hydrogens is 294 g/mol. The first-order chi connectivity index (χ1) is 11.1. The molecule has 1 aromatic rings. The van der Waals surface area contributed by atoms with Crippen molar-refractivity contribution in [2.24, 2.45) is 0 Å². The van der Waals surface area contributed by atoms with E-state index in [4.69, 9.17) is 4.74 Å². The molecule has 0 aromatic heterocycles. The van der Waals surface area contributed by atoms with Crippen LogP contribution in [-0.4, -0.2) is 56.6 Å². The molecule has 6 heteroatoms. The minimum atomic E-state index is -0.0284. The molecule has 0 bridgehead atoms. The zero-order chi connectivity index (χ0) is 16.7. The van der Waals surface area contributed by atoms with Gasteiger partial charge in [-0.3, -0.25) is 9.59 Å². The van der Waals surface area contributed by atoms with E-state index in [0.29, 0.717) is 44.0 Å². The molecule has 0 spiro atoms. The Morgan fingerprint density at radius 1 is 1.26 bits per heavy atom. The van der Waals surface area contributed by atoms with Gasteiger partial charge in [-0.25, -0.2) is 0 Å². The van der Waals surface area contributed by atoms with Crippen molar-refractivity contribution >= 4 is 17.5 Å². The highest BCUT2D eigenvalue weighted by Gasteiger charge is 2.21. The highest BCUT2D eigenvalue weighted by atomic mass is 16.5. The number of benzene rings is 1. The lowest BCUT2D eigenvalue weighted by Gasteiger charge is -2.27. The number of rotatable bonds is 6. The standard InChI is InChI=1S/C17H25N3O3/c1-13-14(17(22)20-9-11-23-12-10-20)5-3-6-15(13)19-16(21)7-4-8-18-2/h3,5-6,18H,4,7-12H2,1-2H3,(H,19,21). The Labute approximate surface area is 137 Å². The van der Waals surface area contributed by atoms with Gasteiger partial charge in [0.1, 0.15) is 0 Å². The number of carbonyl (C=O) groups excluding carboxylic acids is 2. The average molecular weight is 319 g/mol. The van der Waals surface area contributed by atoms with Crippen molar-refractivity contribution in [3.8, 4) is 0 Å². The van der Waals surface area contributed by atoms with Crippen molar-refractivity contribution < 1.29 is 14.3 Å². The Morgan fingerprint density at radius 2 is 2.00 bits per heavy atom. The van der Waals surface area contributed by atoms with Crippen LogP contribution in [0.15, 0.2) is 18.2 Å². The number of anilines is 1. The number of ether oxygens (including phenoxy) is 1. The lowest BCUT2D eigenvalue weighted by molar-refractivity contribution is -0.116. The maximum Gasteiger partial charge on any atom is 0.254 e. The molecule has 0 radical (unpaired) electrons. The molecule has 1 aromatic carbocycles. The topological polar surface area (TPSA) is 70.7 Å². The summed E-state index contributed by atoms with van der Waals surface area (Å²) in [5.74, 6) is -0.0311. The molecular formula is C17H25N3O3. The number of amides is 2. The summed E-state index contributed by atoms with van der Waals surface area (Å²) >= 11 is 0. The van der Waals surface area contributed by atoms with E-state index in [1.54, 1.807) is 4.90 Å². The molecule has 1 aliphatic heterocycles. The Balaban J connectivity index is 2.05. The molecule has 2 N–H and O–H groups in total. The highest BCUT2D eigenvalue weighted by Crippen LogP contribution is 2.21. The van der Waals surface area contributed by atoms with Crippen molar-refractivity contribution in [3.05, 3.63) is 29.3 Å². The molecule has 1 saturated heterocycles. The third-order valence-electron chi connectivity index (χ3n) is 3.97. The summed E-state index contributed by atoms with van der Waals surface area (Å²) in [6.07, 6.45) is 1.25. The van der Waals surface area contributed by atoms with Crippen LogP contribution in [0.4, 0.5) is 5.69 Å². The van der Waals surface area contributed by atoms with Crippen LogP contribution in [0.5, 0.6) is 0 Å². The molecule has 0 unspecified atom stereocenters. The first-order valence-electron chi connectivity index (χ1n) is 8.04. The monoisotopic (exact) mass is 319 g/mol. The maximum absolute atomic E-state index is 12.6. The first-order valence-corrected chi connectivity index (χ1v) is 8.04. The third-order valence-corrected chi connectivity index (χ3v) is 3.97. The van der Waals surface area contributed by atoms with Gasteiger partial charge in [0.25, 0.3) is 5.91 Å². The van der Waals surface area contributed by atoms with Gasteiger partial charge in [-0.15, -0.1) is 0 Å². The van der Waals surface area contributed by atoms with Crippen molar-refractivity contribution in [2.45, 2.75) is 19.8 Å². The number of morpholine rings is 1. The van der Waals surface area contributed by atoms with Crippen LogP contribution < -0.4 is 10.6 Å². The van der Waals surface area contributed by atoms with E-state index >= 15 is 0 Å². The Morgan fingerprint density at radius 3 is 2.70 bits per heavy atom. The molecule has 0 aliphatic carbocycles. The largest absolute Gasteiger partial charge is 0.378 e. The fourth-order valence-corrected chi connectivity index (χ4v) is 2.58. The number of hydrogen-bond donors (Lipinski definition) is 2. The lowest BCUT2D eigenvalue weighted by atomic mass is 10.0. The number of nitrogens with zero attached hydrogens (tertiary/aromatic N) is 1. The average Bonchev–Trinajstić information content (AvgIpc) is 2.57. The predicted molar refractivity (Wildman–Crippen MR) is 89.7 cm³/mol. The molecule has 1 aliphatic rings. The molecule has 2 rings (SSSR count). The van der Waals surface area contributed by atoms with Crippen LogP contribution in [0.2, 0.25) is 0 Å². The van der Waals surface area contributed by atoms with Gasteiger partial charge in [-0.2, -0.15) is 0 Å². The van der Waals surface area contributed by atoms with E-state index in [-0.39, 0.29) is 11.8 Å². The number of carbonyl (C=O) groups is 2. The van der Waals surface area contributed by atoms with Crippen LogP contribution in [0.3, 0.4) is 0 Å². The van der Waals surface area contributed by atoms with Crippen molar-refractivity contribution in [1.82, 2.24) is 10.2 Å². The maximum atomic E-state index is 12.6. The second-order valence-electron chi connectivity index (χ2n) is 5.64. The van der Waals surface area contributed by atoms with Crippen LogP contribution in [0.25, 0.3) is 0 Å². The fraction of sp³-hybridized carbons (Fsp3) is 0.529. The van der Waals surface area contributed by atoms with Gasteiger partial charge >= 0.3 is 0 Å². The van der Waals surface area contributed by atoms with Gasteiger partial charge in [0.2, 0.25) is 5.91 Å². The third kappa shape index (κ3) is 4.77. The van der Waals surface area contributed by atoms with Gasteiger partial charge in [0.15, 0.2) is 0 Å².